The van der Waals surface area contributed by atoms with Crippen LogP contribution in [0.3, 0.4) is 0 Å². The Kier molecular flexibility index (Phi) is 5.71. The fourth-order valence-corrected chi connectivity index (χ4v) is 2.48. The lowest BCUT2D eigenvalue weighted by Gasteiger charge is -2.27. The van der Waals surface area contributed by atoms with Crippen LogP contribution in [0.25, 0.3) is 0 Å². The molecule has 0 radical (unpaired) electrons. The number of hydrogen-bond acceptors (Lipinski definition) is 3. The third-order valence-electron chi connectivity index (χ3n) is 3.64. The number of hydrogen-bond donors (Lipinski definition) is 1. The highest BCUT2D eigenvalue weighted by Gasteiger charge is 2.14. The van der Waals surface area contributed by atoms with Crippen LogP contribution in [0.5, 0.6) is 0 Å². The maximum Gasteiger partial charge on any atom is 0.0482 e. The summed E-state index contributed by atoms with van der Waals surface area (Å²) in [5.74, 6) is 0. The highest BCUT2D eigenvalue weighted by molar-refractivity contribution is 5.15. The number of aryl methyl sites for hydroxylation is 1. The second kappa shape index (κ2) is 7.78. The average molecular weight is 269 g/mol. The molecular weight excluding hydrogens is 246 g/mol. The minimum Gasteiger partial charge on any atom is -0.329 e. The van der Waals surface area contributed by atoms with E-state index in [4.69, 9.17) is 5.73 Å². The SMILES string of the molecule is CN(CCCc1ccccc1)C(CN)c1cccnc1. The van der Waals surface area contributed by atoms with Gasteiger partial charge < -0.3 is 5.73 Å². The zero-order valence-corrected chi connectivity index (χ0v) is 12.1. The molecular formula is C17H23N3. The van der Waals surface area contributed by atoms with E-state index in [1.807, 2.05) is 12.3 Å². The predicted octanol–water partition coefficient (Wildman–Crippen LogP) is 2.65. The van der Waals surface area contributed by atoms with Crippen molar-refractivity contribution in [2.24, 2.45) is 5.73 Å². The third kappa shape index (κ3) is 4.15. The van der Waals surface area contributed by atoms with Crippen LogP contribution in [-0.2, 0) is 6.42 Å². The Labute approximate surface area is 121 Å². The first kappa shape index (κ1) is 14.7. The van der Waals surface area contributed by atoms with E-state index in [9.17, 15) is 0 Å². The Morgan fingerprint density at radius 2 is 1.95 bits per heavy atom. The first-order valence-corrected chi connectivity index (χ1v) is 7.15. The van der Waals surface area contributed by atoms with Gasteiger partial charge in [-0.1, -0.05) is 36.4 Å². The molecule has 1 aromatic carbocycles. The van der Waals surface area contributed by atoms with E-state index in [2.05, 4.69) is 53.3 Å². The van der Waals surface area contributed by atoms with Gasteiger partial charge in [-0.25, -0.2) is 0 Å². The summed E-state index contributed by atoms with van der Waals surface area (Å²) in [4.78, 5) is 6.50. The van der Waals surface area contributed by atoms with Crippen molar-refractivity contribution in [3.05, 3.63) is 66.0 Å². The molecule has 2 N–H and O–H groups in total. The lowest BCUT2D eigenvalue weighted by Crippen LogP contribution is -2.31. The summed E-state index contributed by atoms with van der Waals surface area (Å²) in [6.45, 7) is 1.65. The number of nitrogens with zero attached hydrogens (tertiary/aromatic N) is 2. The number of likely N-dealkylation sites (N-methyl/N-ethyl adjacent to an activating group) is 1. The van der Waals surface area contributed by atoms with Gasteiger partial charge in [-0.05, 0) is 43.6 Å². The van der Waals surface area contributed by atoms with Gasteiger partial charge in [0.25, 0.3) is 0 Å². The minimum atomic E-state index is 0.250. The number of benzene rings is 1. The summed E-state index contributed by atoms with van der Waals surface area (Å²) in [7, 11) is 2.13. The summed E-state index contributed by atoms with van der Waals surface area (Å²) >= 11 is 0. The summed E-state index contributed by atoms with van der Waals surface area (Å²) in [5.41, 5.74) is 8.51. The average Bonchev–Trinajstić information content (AvgIpc) is 2.50. The molecule has 2 rings (SSSR count). The molecule has 0 saturated heterocycles. The second-order valence-electron chi connectivity index (χ2n) is 5.11. The van der Waals surface area contributed by atoms with Crippen molar-refractivity contribution in [3.8, 4) is 0 Å². The van der Waals surface area contributed by atoms with Gasteiger partial charge in [0, 0.05) is 25.0 Å². The van der Waals surface area contributed by atoms with E-state index in [1.54, 1.807) is 6.20 Å². The van der Waals surface area contributed by atoms with Crippen molar-refractivity contribution in [1.29, 1.82) is 0 Å². The van der Waals surface area contributed by atoms with Crippen LogP contribution >= 0.6 is 0 Å². The molecule has 0 aliphatic rings. The van der Waals surface area contributed by atoms with Crippen LogP contribution in [0.1, 0.15) is 23.6 Å². The van der Waals surface area contributed by atoms with Gasteiger partial charge in [-0.2, -0.15) is 0 Å². The topological polar surface area (TPSA) is 42.1 Å². The Morgan fingerprint density at radius 1 is 1.15 bits per heavy atom. The molecule has 0 saturated carbocycles. The summed E-state index contributed by atoms with van der Waals surface area (Å²) in [6, 6.07) is 14.9. The Bertz CT molecular complexity index is 484. The van der Waals surface area contributed by atoms with Gasteiger partial charge in [0.05, 0.1) is 0 Å². The van der Waals surface area contributed by atoms with E-state index < -0.39 is 0 Å². The lowest BCUT2D eigenvalue weighted by atomic mass is 10.1. The number of aromatic nitrogens is 1. The molecule has 0 bridgehead atoms. The molecule has 1 heterocycles. The Morgan fingerprint density at radius 3 is 2.60 bits per heavy atom. The van der Waals surface area contributed by atoms with Crippen molar-refractivity contribution in [1.82, 2.24) is 9.88 Å². The van der Waals surface area contributed by atoms with Crippen molar-refractivity contribution < 1.29 is 0 Å². The second-order valence-corrected chi connectivity index (χ2v) is 5.11. The van der Waals surface area contributed by atoms with Gasteiger partial charge in [0.1, 0.15) is 0 Å². The molecule has 1 unspecified atom stereocenters. The summed E-state index contributed by atoms with van der Waals surface area (Å²) in [5, 5.41) is 0. The standard InChI is InChI=1S/C17H23N3/c1-20(12-6-9-15-7-3-2-4-8-15)17(13-18)16-10-5-11-19-14-16/h2-5,7-8,10-11,14,17H,6,9,12-13,18H2,1H3. The van der Waals surface area contributed by atoms with E-state index in [1.165, 1.54) is 11.1 Å². The Hall–Kier alpha value is -1.71. The molecule has 0 aliphatic carbocycles. The normalized spacial score (nSPS) is 12.6. The number of pyridine rings is 1. The molecule has 0 aliphatic heterocycles. The molecule has 0 spiro atoms. The molecule has 0 amide bonds. The smallest absolute Gasteiger partial charge is 0.0482 e. The van der Waals surface area contributed by atoms with Crippen LogP contribution in [-0.4, -0.2) is 30.0 Å². The van der Waals surface area contributed by atoms with Gasteiger partial charge in [0.15, 0.2) is 0 Å². The summed E-state index contributed by atoms with van der Waals surface area (Å²) < 4.78 is 0. The predicted molar refractivity (Wildman–Crippen MR) is 83.4 cm³/mol. The number of nitrogens with two attached hydrogens (primary N) is 1. The zero-order chi connectivity index (χ0) is 14.2. The van der Waals surface area contributed by atoms with Crippen molar-refractivity contribution in [3.63, 3.8) is 0 Å². The van der Waals surface area contributed by atoms with Crippen molar-refractivity contribution in [2.45, 2.75) is 18.9 Å². The van der Waals surface area contributed by atoms with E-state index in [-0.39, 0.29) is 6.04 Å². The number of rotatable bonds is 7. The summed E-state index contributed by atoms with van der Waals surface area (Å²) in [6.07, 6.45) is 5.95. The molecule has 106 valence electrons. The van der Waals surface area contributed by atoms with Crippen molar-refractivity contribution >= 4 is 0 Å². The van der Waals surface area contributed by atoms with Crippen LogP contribution in [0, 0.1) is 0 Å². The molecule has 1 atom stereocenters. The highest BCUT2D eigenvalue weighted by Crippen LogP contribution is 2.17. The largest absolute Gasteiger partial charge is 0.329 e. The minimum absolute atomic E-state index is 0.250. The van der Waals surface area contributed by atoms with E-state index >= 15 is 0 Å². The fraction of sp³-hybridized carbons (Fsp3) is 0.353. The van der Waals surface area contributed by atoms with Crippen LogP contribution in [0.4, 0.5) is 0 Å². The first-order valence-electron chi connectivity index (χ1n) is 7.15. The highest BCUT2D eigenvalue weighted by atomic mass is 15.1. The monoisotopic (exact) mass is 269 g/mol. The zero-order valence-electron chi connectivity index (χ0n) is 12.1. The third-order valence-corrected chi connectivity index (χ3v) is 3.64. The van der Waals surface area contributed by atoms with Gasteiger partial charge >= 0.3 is 0 Å². The molecule has 20 heavy (non-hydrogen) atoms. The van der Waals surface area contributed by atoms with E-state index in [0.717, 1.165) is 19.4 Å². The van der Waals surface area contributed by atoms with Crippen LogP contribution in [0.15, 0.2) is 54.9 Å². The molecule has 3 heteroatoms. The molecule has 2 aromatic rings. The van der Waals surface area contributed by atoms with E-state index in [0.29, 0.717) is 6.54 Å². The molecule has 1 aromatic heterocycles. The van der Waals surface area contributed by atoms with Crippen LogP contribution in [0.2, 0.25) is 0 Å². The quantitative estimate of drug-likeness (QED) is 0.840. The maximum atomic E-state index is 5.92. The Balaban J connectivity index is 1.85. The molecule has 3 nitrogen and oxygen atoms in total. The van der Waals surface area contributed by atoms with Gasteiger partial charge in [-0.15, -0.1) is 0 Å². The maximum absolute atomic E-state index is 5.92. The van der Waals surface area contributed by atoms with Crippen molar-refractivity contribution in [2.75, 3.05) is 20.1 Å². The lowest BCUT2D eigenvalue weighted by molar-refractivity contribution is 0.247. The first-order chi connectivity index (χ1) is 9.81. The molecule has 0 fully saturated rings. The van der Waals surface area contributed by atoms with Crippen LogP contribution < -0.4 is 5.73 Å². The fourth-order valence-electron chi connectivity index (χ4n) is 2.48. The van der Waals surface area contributed by atoms with Gasteiger partial charge in [0.2, 0.25) is 0 Å². The van der Waals surface area contributed by atoms with Gasteiger partial charge in [-0.3, -0.25) is 9.88 Å².